The van der Waals surface area contributed by atoms with Crippen LogP contribution in [0.5, 0.6) is 0 Å². The Labute approximate surface area is 113 Å². The maximum Gasteiger partial charge on any atom is 0.328 e. The number of carbonyl (C=O) groups excluding carboxylic acids is 2. The fourth-order valence-electron chi connectivity index (χ4n) is 2.73. The van der Waals surface area contributed by atoms with E-state index in [9.17, 15) is 9.59 Å². The maximum atomic E-state index is 12.1. The third-order valence-electron chi connectivity index (χ3n) is 3.64. The van der Waals surface area contributed by atoms with E-state index < -0.39 is 6.04 Å². The third-order valence-corrected chi connectivity index (χ3v) is 3.64. The molecule has 2 rings (SSSR count). The highest BCUT2D eigenvalue weighted by atomic mass is 16.5. The van der Waals surface area contributed by atoms with E-state index in [1.54, 1.807) is 4.90 Å². The summed E-state index contributed by atoms with van der Waals surface area (Å²) >= 11 is 0. The van der Waals surface area contributed by atoms with E-state index in [-0.39, 0.29) is 17.9 Å². The van der Waals surface area contributed by atoms with Gasteiger partial charge in [0, 0.05) is 6.42 Å². The SMILES string of the molecule is CCC(c1ccccc1)N1C(=O)CCC1C(=O)OC. The summed E-state index contributed by atoms with van der Waals surface area (Å²) in [5.41, 5.74) is 1.06. The molecular weight excluding hydrogens is 242 g/mol. The van der Waals surface area contributed by atoms with Gasteiger partial charge in [0.1, 0.15) is 6.04 Å². The van der Waals surface area contributed by atoms with Crippen LogP contribution in [-0.4, -0.2) is 29.9 Å². The molecule has 19 heavy (non-hydrogen) atoms. The second-order valence-electron chi connectivity index (χ2n) is 4.71. The van der Waals surface area contributed by atoms with Crippen molar-refractivity contribution >= 4 is 11.9 Å². The number of nitrogens with zero attached hydrogens (tertiary/aromatic N) is 1. The van der Waals surface area contributed by atoms with E-state index in [0.717, 1.165) is 12.0 Å². The van der Waals surface area contributed by atoms with E-state index in [0.29, 0.717) is 12.8 Å². The van der Waals surface area contributed by atoms with Crippen LogP contribution in [0.4, 0.5) is 0 Å². The molecule has 1 saturated heterocycles. The summed E-state index contributed by atoms with van der Waals surface area (Å²) in [6.45, 7) is 2.03. The Morgan fingerprint density at radius 1 is 1.42 bits per heavy atom. The minimum Gasteiger partial charge on any atom is -0.467 e. The molecule has 2 unspecified atom stereocenters. The summed E-state index contributed by atoms with van der Waals surface area (Å²) in [5.74, 6) is -0.286. The van der Waals surface area contributed by atoms with Crippen molar-refractivity contribution in [3.63, 3.8) is 0 Å². The molecule has 1 heterocycles. The highest BCUT2D eigenvalue weighted by Crippen LogP contribution is 2.32. The van der Waals surface area contributed by atoms with Gasteiger partial charge in [0.15, 0.2) is 0 Å². The Bertz CT molecular complexity index is 458. The zero-order valence-electron chi connectivity index (χ0n) is 11.3. The second-order valence-corrected chi connectivity index (χ2v) is 4.71. The smallest absolute Gasteiger partial charge is 0.328 e. The van der Waals surface area contributed by atoms with E-state index in [1.807, 2.05) is 37.3 Å². The van der Waals surface area contributed by atoms with Crippen molar-refractivity contribution in [3.05, 3.63) is 35.9 Å². The van der Waals surface area contributed by atoms with E-state index in [2.05, 4.69) is 0 Å². The predicted molar refractivity (Wildman–Crippen MR) is 71.4 cm³/mol. The van der Waals surface area contributed by atoms with Gasteiger partial charge in [-0.3, -0.25) is 4.79 Å². The molecule has 1 amide bonds. The summed E-state index contributed by atoms with van der Waals surface area (Å²) in [6, 6.07) is 9.34. The van der Waals surface area contributed by atoms with Crippen molar-refractivity contribution < 1.29 is 14.3 Å². The molecule has 4 nitrogen and oxygen atoms in total. The van der Waals surface area contributed by atoms with E-state index in [1.165, 1.54) is 7.11 Å². The zero-order chi connectivity index (χ0) is 13.8. The average Bonchev–Trinajstić information content (AvgIpc) is 2.82. The lowest BCUT2D eigenvalue weighted by molar-refractivity contribution is -0.151. The van der Waals surface area contributed by atoms with Crippen LogP contribution in [0.3, 0.4) is 0 Å². The molecule has 2 atom stereocenters. The number of hydrogen-bond acceptors (Lipinski definition) is 3. The molecule has 0 aliphatic carbocycles. The van der Waals surface area contributed by atoms with Crippen molar-refractivity contribution in [2.24, 2.45) is 0 Å². The van der Waals surface area contributed by atoms with Crippen molar-refractivity contribution in [1.82, 2.24) is 4.90 Å². The number of esters is 1. The topological polar surface area (TPSA) is 46.6 Å². The molecule has 0 spiro atoms. The van der Waals surface area contributed by atoms with Crippen LogP contribution in [0.15, 0.2) is 30.3 Å². The monoisotopic (exact) mass is 261 g/mol. The van der Waals surface area contributed by atoms with Crippen LogP contribution in [0.2, 0.25) is 0 Å². The molecule has 1 aromatic carbocycles. The molecule has 0 aromatic heterocycles. The first kappa shape index (κ1) is 13.6. The van der Waals surface area contributed by atoms with Crippen molar-refractivity contribution in [2.45, 2.75) is 38.3 Å². The van der Waals surface area contributed by atoms with Gasteiger partial charge in [-0.2, -0.15) is 0 Å². The summed E-state index contributed by atoms with van der Waals surface area (Å²) in [5, 5.41) is 0. The molecule has 0 N–H and O–H groups in total. The number of carbonyl (C=O) groups is 2. The van der Waals surface area contributed by atoms with Gasteiger partial charge in [0.25, 0.3) is 0 Å². The number of methoxy groups -OCH3 is 1. The van der Waals surface area contributed by atoms with Crippen LogP contribution < -0.4 is 0 Å². The maximum absolute atomic E-state index is 12.1. The number of rotatable bonds is 4. The third kappa shape index (κ3) is 2.62. The second kappa shape index (κ2) is 5.87. The molecule has 1 fully saturated rings. The summed E-state index contributed by atoms with van der Waals surface area (Å²) in [6.07, 6.45) is 1.75. The Balaban J connectivity index is 2.30. The molecule has 0 bridgehead atoms. The predicted octanol–water partition coefficient (Wildman–Crippen LogP) is 2.30. The fourth-order valence-corrected chi connectivity index (χ4v) is 2.73. The van der Waals surface area contributed by atoms with Crippen molar-refractivity contribution in [2.75, 3.05) is 7.11 Å². The van der Waals surface area contributed by atoms with Crippen LogP contribution in [0.1, 0.15) is 37.8 Å². The van der Waals surface area contributed by atoms with Gasteiger partial charge in [-0.15, -0.1) is 0 Å². The molecule has 1 aliphatic rings. The molecule has 0 saturated carbocycles. The molecular formula is C15H19NO3. The summed E-state index contributed by atoms with van der Waals surface area (Å²) < 4.78 is 4.81. The minimum atomic E-state index is -0.442. The van der Waals surface area contributed by atoms with Gasteiger partial charge in [-0.1, -0.05) is 37.3 Å². The van der Waals surface area contributed by atoms with Gasteiger partial charge in [-0.25, -0.2) is 4.79 Å². The molecule has 1 aromatic rings. The standard InChI is InChI=1S/C15H19NO3/c1-3-12(11-7-5-4-6-8-11)16-13(15(18)19-2)9-10-14(16)17/h4-8,12-13H,3,9-10H2,1-2H3. The quantitative estimate of drug-likeness (QED) is 0.781. The minimum absolute atomic E-state index is 0.0334. The lowest BCUT2D eigenvalue weighted by Crippen LogP contribution is -2.41. The average molecular weight is 261 g/mol. The number of amides is 1. The first-order chi connectivity index (χ1) is 9.19. The van der Waals surface area contributed by atoms with Crippen LogP contribution in [0, 0.1) is 0 Å². The number of hydrogen-bond donors (Lipinski definition) is 0. The van der Waals surface area contributed by atoms with Crippen LogP contribution in [-0.2, 0) is 14.3 Å². The summed E-state index contributed by atoms with van der Waals surface area (Å²) in [7, 11) is 1.37. The largest absolute Gasteiger partial charge is 0.467 e. The molecule has 4 heteroatoms. The highest BCUT2D eigenvalue weighted by Gasteiger charge is 2.40. The molecule has 102 valence electrons. The Morgan fingerprint density at radius 3 is 2.68 bits per heavy atom. The Hall–Kier alpha value is -1.84. The summed E-state index contributed by atoms with van der Waals surface area (Å²) in [4.78, 5) is 25.6. The van der Waals surface area contributed by atoms with Gasteiger partial charge in [0.05, 0.1) is 13.2 Å². The van der Waals surface area contributed by atoms with Gasteiger partial charge in [0.2, 0.25) is 5.91 Å². The number of benzene rings is 1. The number of ether oxygens (including phenoxy) is 1. The molecule has 0 radical (unpaired) electrons. The van der Waals surface area contributed by atoms with Crippen LogP contribution in [0.25, 0.3) is 0 Å². The number of likely N-dealkylation sites (tertiary alicyclic amines) is 1. The van der Waals surface area contributed by atoms with E-state index >= 15 is 0 Å². The lowest BCUT2D eigenvalue weighted by Gasteiger charge is -2.31. The normalized spacial score (nSPS) is 20.4. The Morgan fingerprint density at radius 2 is 2.11 bits per heavy atom. The fraction of sp³-hybridized carbons (Fsp3) is 0.467. The zero-order valence-corrected chi connectivity index (χ0v) is 11.3. The van der Waals surface area contributed by atoms with Crippen molar-refractivity contribution in [1.29, 1.82) is 0 Å². The van der Waals surface area contributed by atoms with Crippen molar-refractivity contribution in [3.8, 4) is 0 Å². The first-order valence-corrected chi connectivity index (χ1v) is 6.63. The first-order valence-electron chi connectivity index (χ1n) is 6.63. The lowest BCUT2D eigenvalue weighted by atomic mass is 10.0. The van der Waals surface area contributed by atoms with Gasteiger partial charge < -0.3 is 9.64 Å². The van der Waals surface area contributed by atoms with E-state index in [4.69, 9.17) is 4.74 Å². The molecule has 1 aliphatic heterocycles. The van der Waals surface area contributed by atoms with Crippen LogP contribution >= 0.6 is 0 Å². The van der Waals surface area contributed by atoms with Gasteiger partial charge in [-0.05, 0) is 18.4 Å². The van der Waals surface area contributed by atoms with Gasteiger partial charge >= 0.3 is 5.97 Å². The Kier molecular flexibility index (Phi) is 4.20. The highest BCUT2D eigenvalue weighted by molar-refractivity contribution is 5.88.